The standard InChI is InChI=1S/C5H4ClN.C4H7NO3.ClH/c6-5-2-1-3-7-4-5;1-3(6)8-2-4(5)7;/h1-4H;2H2,1H3,(H2,5,7);1H. The summed E-state index contributed by atoms with van der Waals surface area (Å²) in [6.07, 6.45) is 3.29. The molecule has 16 heavy (non-hydrogen) atoms. The van der Waals surface area contributed by atoms with Gasteiger partial charge in [-0.05, 0) is 12.1 Å². The number of carbonyl (C=O) groups excluding carboxylic acids is 2. The van der Waals surface area contributed by atoms with Crippen molar-refractivity contribution in [3.8, 4) is 0 Å². The summed E-state index contributed by atoms with van der Waals surface area (Å²) in [7, 11) is 0. The van der Waals surface area contributed by atoms with E-state index in [4.69, 9.17) is 11.6 Å². The molecule has 0 spiro atoms. The lowest BCUT2D eigenvalue weighted by Crippen LogP contribution is -2.19. The third-order valence-electron chi connectivity index (χ3n) is 1.04. The third-order valence-corrected chi connectivity index (χ3v) is 1.27. The van der Waals surface area contributed by atoms with Crippen molar-refractivity contribution >= 4 is 35.9 Å². The van der Waals surface area contributed by atoms with E-state index in [1.807, 2.05) is 0 Å². The maximum atomic E-state index is 9.92. The number of amides is 1. The summed E-state index contributed by atoms with van der Waals surface area (Å²) in [4.78, 5) is 23.5. The van der Waals surface area contributed by atoms with Crippen molar-refractivity contribution in [1.29, 1.82) is 0 Å². The molecular weight excluding hydrogens is 255 g/mol. The van der Waals surface area contributed by atoms with Crippen LogP contribution in [0.1, 0.15) is 6.92 Å². The van der Waals surface area contributed by atoms with Crippen molar-refractivity contribution in [2.45, 2.75) is 6.92 Å². The van der Waals surface area contributed by atoms with Crippen LogP contribution in [0.4, 0.5) is 0 Å². The fourth-order valence-corrected chi connectivity index (χ4v) is 0.644. The van der Waals surface area contributed by atoms with Crippen molar-refractivity contribution < 1.29 is 14.3 Å². The number of nitrogens with two attached hydrogens (primary N) is 1. The van der Waals surface area contributed by atoms with Crippen LogP contribution in [0.3, 0.4) is 0 Å². The first-order chi connectivity index (χ1) is 7.02. The number of halogens is 2. The minimum atomic E-state index is -0.639. The zero-order chi connectivity index (χ0) is 11.7. The van der Waals surface area contributed by atoms with Gasteiger partial charge in [0.1, 0.15) is 0 Å². The third kappa shape index (κ3) is 12.7. The Labute approximate surface area is 104 Å². The Balaban J connectivity index is 0. The molecule has 1 rings (SSSR count). The smallest absolute Gasteiger partial charge is 0.303 e. The number of ether oxygens (including phenoxy) is 1. The van der Waals surface area contributed by atoms with E-state index in [2.05, 4.69) is 15.5 Å². The van der Waals surface area contributed by atoms with Gasteiger partial charge in [0, 0.05) is 19.3 Å². The van der Waals surface area contributed by atoms with Crippen molar-refractivity contribution in [1.82, 2.24) is 4.98 Å². The molecule has 2 N–H and O–H groups in total. The van der Waals surface area contributed by atoms with Crippen LogP contribution >= 0.6 is 24.0 Å². The normalized spacial score (nSPS) is 7.88. The Bertz CT molecular complexity index is 306. The van der Waals surface area contributed by atoms with Crippen LogP contribution in [0.15, 0.2) is 24.5 Å². The number of carbonyl (C=O) groups is 2. The second-order valence-corrected chi connectivity index (χ2v) is 2.85. The van der Waals surface area contributed by atoms with Crippen LogP contribution in [0.25, 0.3) is 0 Å². The fraction of sp³-hybridized carbons (Fsp3) is 0.222. The van der Waals surface area contributed by atoms with Gasteiger partial charge in [0.2, 0.25) is 0 Å². The Morgan fingerprint density at radius 2 is 2.19 bits per heavy atom. The molecular formula is C9H12Cl2N2O3. The van der Waals surface area contributed by atoms with E-state index in [9.17, 15) is 9.59 Å². The van der Waals surface area contributed by atoms with E-state index in [1.165, 1.54) is 6.92 Å². The molecule has 0 atom stereocenters. The Morgan fingerprint density at radius 3 is 2.38 bits per heavy atom. The van der Waals surface area contributed by atoms with Crippen molar-refractivity contribution in [3.05, 3.63) is 29.5 Å². The molecule has 1 aromatic heterocycles. The summed E-state index contributed by atoms with van der Waals surface area (Å²) in [5.74, 6) is -1.14. The summed E-state index contributed by atoms with van der Waals surface area (Å²) < 4.78 is 4.19. The van der Waals surface area contributed by atoms with E-state index >= 15 is 0 Å². The van der Waals surface area contributed by atoms with E-state index in [0.29, 0.717) is 5.02 Å². The molecule has 1 aromatic rings. The molecule has 0 unspecified atom stereocenters. The predicted octanol–water partition coefficient (Wildman–Crippen LogP) is 1.19. The van der Waals surface area contributed by atoms with E-state index in [-0.39, 0.29) is 19.0 Å². The number of primary amides is 1. The predicted molar refractivity (Wildman–Crippen MR) is 62.3 cm³/mol. The average molecular weight is 267 g/mol. The molecule has 0 saturated heterocycles. The Kier molecular flexibility index (Phi) is 10.9. The average Bonchev–Trinajstić information content (AvgIpc) is 2.17. The van der Waals surface area contributed by atoms with Gasteiger partial charge in [0.15, 0.2) is 6.61 Å². The van der Waals surface area contributed by atoms with Crippen molar-refractivity contribution in [3.63, 3.8) is 0 Å². The molecule has 0 radical (unpaired) electrons. The first kappa shape index (κ1) is 17.1. The van der Waals surface area contributed by atoms with Crippen LogP contribution in [-0.2, 0) is 14.3 Å². The second kappa shape index (κ2) is 10.2. The van der Waals surface area contributed by atoms with Crippen LogP contribution in [0, 0.1) is 0 Å². The molecule has 0 aliphatic carbocycles. The number of nitrogens with zero attached hydrogens (tertiary/aromatic N) is 1. The first-order valence-electron chi connectivity index (χ1n) is 3.99. The summed E-state index contributed by atoms with van der Waals surface area (Å²) in [5, 5.41) is 0.683. The minimum Gasteiger partial charge on any atom is -0.456 e. The highest BCUT2D eigenvalue weighted by Crippen LogP contribution is 2.00. The maximum absolute atomic E-state index is 9.92. The lowest BCUT2D eigenvalue weighted by Gasteiger charge is -1.93. The monoisotopic (exact) mass is 266 g/mol. The topological polar surface area (TPSA) is 82.3 Å². The van der Waals surface area contributed by atoms with Gasteiger partial charge in [-0.2, -0.15) is 0 Å². The van der Waals surface area contributed by atoms with Gasteiger partial charge in [-0.25, -0.2) is 0 Å². The zero-order valence-corrected chi connectivity index (χ0v) is 10.1. The number of rotatable bonds is 2. The fourth-order valence-electron chi connectivity index (χ4n) is 0.515. The molecule has 0 aliphatic heterocycles. The molecule has 0 saturated carbocycles. The van der Waals surface area contributed by atoms with E-state index in [1.54, 1.807) is 24.5 Å². The molecule has 7 heteroatoms. The van der Waals surface area contributed by atoms with Gasteiger partial charge in [0.05, 0.1) is 5.02 Å². The van der Waals surface area contributed by atoms with Crippen LogP contribution in [0.2, 0.25) is 5.02 Å². The second-order valence-electron chi connectivity index (χ2n) is 2.42. The quantitative estimate of drug-likeness (QED) is 0.816. The number of hydrogen-bond acceptors (Lipinski definition) is 4. The van der Waals surface area contributed by atoms with Crippen LogP contribution in [-0.4, -0.2) is 23.5 Å². The van der Waals surface area contributed by atoms with Gasteiger partial charge in [-0.3, -0.25) is 14.6 Å². The summed E-state index contributed by atoms with van der Waals surface area (Å²) in [5.41, 5.74) is 4.62. The van der Waals surface area contributed by atoms with E-state index in [0.717, 1.165) is 0 Å². The minimum absolute atomic E-state index is 0. The van der Waals surface area contributed by atoms with Gasteiger partial charge >= 0.3 is 5.97 Å². The molecule has 0 bridgehead atoms. The van der Waals surface area contributed by atoms with Crippen LogP contribution in [0.5, 0.6) is 0 Å². The highest BCUT2D eigenvalue weighted by Gasteiger charge is 1.94. The number of esters is 1. The summed E-state index contributed by atoms with van der Waals surface area (Å²) >= 11 is 5.48. The van der Waals surface area contributed by atoms with Crippen molar-refractivity contribution in [2.75, 3.05) is 6.61 Å². The molecule has 90 valence electrons. The molecule has 0 fully saturated rings. The zero-order valence-electron chi connectivity index (χ0n) is 8.55. The van der Waals surface area contributed by atoms with Crippen molar-refractivity contribution in [2.24, 2.45) is 5.73 Å². The molecule has 5 nitrogen and oxygen atoms in total. The summed E-state index contributed by atoms with van der Waals surface area (Å²) in [6.45, 7) is 0.887. The Morgan fingerprint density at radius 1 is 1.56 bits per heavy atom. The maximum Gasteiger partial charge on any atom is 0.303 e. The Hall–Kier alpha value is -1.33. The van der Waals surface area contributed by atoms with Gasteiger partial charge in [-0.15, -0.1) is 12.4 Å². The van der Waals surface area contributed by atoms with Crippen LogP contribution < -0.4 is 5.73 Å². The highest BCUT2D eigenvalue weighted by molar-refractivity contribution is 6.30. The highest BCUT2D eigenvalue weighted by atomic mass is 35.5. The number of aromatic nitrogens is 1. The number of hydrogen-bond donors (Lipinski definition) is 1. The van der Waals surface area contributed by atoms with E-state index < -0.39 is 11.9 Å². The summed E-state index contributed by atoms with van der Waals surface area (Å²) in [6, 6.07) is 3.58. The first-order valence-corrected chi connectivity index (χ1v) is 4.37. The van der Waals surface area contributed by atoms with Gasteiger partial charge in [0.25, 0.3) is 5.91 Å². The SMILES string of the molecule is CC(=O)OCC(N)=O.Cl.Clc1cccnc1. The molecule has 1 amide bonds. The molecule has 0 aromatic carbocycles. The molecule has 1 heterocycles. The molecule has 0 aliphatic rings. The van der Waals surface area contributed by atoms with Gasteiger partial charge in [-0.1, -0.05) is 11.6 Å². The lowest BCUT2D eigenvalue weighted by atomic mass is 10.5. The number of pyridine rings is 1. The lowest BCUT2D eigenvalue weighted by molar-refractivity contribution is -0.145. The largest absolute Gasteiger partial charge is 0.456 e. The van der Waals surface area contributed by atoms with Gasteiger partial charge < -0.3 is 10.5 Å².